The minimum Gasteiger partial charge on any atom is -0.469 e. The molecule has 0 aliphatic carbocycles. The van der Waals surface area contributed by atoms with Crippen molar-refractivity contribution in [2.75, 3.05) is 13.2 Å². The number of nitrogens with one attached hydrogen (secondary N) is 1. The Hall–Kier alpha value is -2.15. The second kappa shape index (κ2) is 7.41. The molecule has 0 radical (unpaired) electrons. The van der Waals surface area contributed by atoms with Crippen LogP contribution >= 0.6 is 0 Å². The quantitative estimate of drug-likeness (QED) is 0.877. The fraction of sp³-hybridized carbons (Fsp3) is 0.562. The highest BCUT2D eigenvalue weighted by Gasteiger charge is 2.31. The molecule has 7 heteroatoms. The smallest absolute Gasteiger partial charge is 0.249 e. The van der Waals surface area contributed by atoms with E-state index in [1.54, 1.807) is 13.2 Å². The van der Waals surface area contributed by atoms with Crippen LogP contribution in [-0.4, -0.2) is 29.3 Å². The van der Waals surface area contributed by atoms with Crippen molar-refractivity contribution in [3.05, 3.63) is 35.9 Å². The van der Waals surface area contributed by atoms with Gasteiger partial charge in [-0.25, -0.2) is 0 Å². The van der Waals surface area contributed by atoms with Crippen molar-refractivity contribution >= 4 is 5.91 Å². The van der Waals surface area contributed by atoms with Gasteiger partial charge in [0.2, 0.25) is 11.8 Å². The van der Waals surface area contributed by atoms with Gasteiger partial charge in [-0.3, -0.25) is 4.79 Å². The number of amides is 1. The lowest BCUT2D eigenvalue weighted by atomic mass is 9.91. The first-order valence-electron chi connectivity index (χ1n) is 7.92. The van der Waals surface area contributed by atoms with Crippen LogP contribution < -0.4 is 5.32 Å². The maximum absolute atomic E-state index is 12.3. The van der Waals surface area contributed by atoms with E-state index in [0.717, 1.165) is 18.6 Å². The van der Waals surface area contributed by atoms with Crippen LogP contribution in [0.2, 0.25) is 0 Å². The summed E-state index contributed by atoms with van der Waals surface area (Å²) in [6.45, 7) is 3.15. The van der Waals surface area contributed by atoms with Gasteiger partial charge in [0.25, 0.3) is 0 Å². The molecular weight excluding hydrogens is 298 g/mol. The molecule has 0 bridgehead atoms. The number of ether oxygens (including phenoxy) is 1. The molecule has 3 heterocycles. The molecule has 23 heavy (non-hydrogen) atoms. The van der Waals surface area contributed by atoms with Gasteiger partial charge in [-0.2, -0.15) is 4.98 Å². The Morgan fingerprint density at radius 3 is 2.91 bits per heavy atom. The number of carbonyl (C=O) groups excluding carboxylic acids is 1. The maximum atomic E-state index is 12.3. The molecule has 3 rings (SSSR count). The lowest BCUT2D eigenvalue weighted by molar-refractivity contribution is -0.122. The number of hydrogen-bond acceptors (Lipinski definition) is 6. The summed E-state index contributed by atoms with van der Waals surface area (Å²) >= 11 is 0. The normalized spacial score (nSPS) is 17.1. The molecule has 1 saturated heterocycles. The molecule has 1 fully saturated rings. The van der Waals surface area contributed by atoms with Gasteiger partial charge in [0.1, 0.15) is 11.8 Å². The molecule has 1 aliphatic rings. The van der Waals surface area contributed by atoms with Gasteiger partial charge in [0, 0.05) is 26.1 Å². The Kier molecular flexibility index (Phi) is 5.07. The molecule has 0 spiro atoms. The molecule has 0 saturated carbocycles. The van der Waals surface area contributed by atoms with E-state index in [-0.39, 0.29) is 17.9 Å². The Labute approximate surface area is 134 Å². The van der Waals surface area contributed by atoms with Gasteiger partial charge in [-0.05, 0) is 37.8 Å². The minimum atomic E-state index is -0.260. The first-order chi connectivity index (χ1) is 11.2. The van der Waals surface area contributed by atoms with Crippen LogP contribution in [0.3, 0.4) is 0 Å². The fourth-order valence-corrected chi connectivity index (χ4v) is 2.81. The third-order valence-electron chi connectivity index (χ3n) is 4.04. The fourth-order valence-electron chi connectivity index (χ4n) is 2.81. The second-order valence-electron chi connectivity index (χ2n) is 5.75. The minimum absolute atomic E-state index is 0.0475. The molecular formula is C16H21N3O4. The number of carbonyl (C=O) groups is 1. The van der Waals surface area contributed by atoms with E-state index in [0.29, 0.717) is 37.8 Å². The largest absolute Gasteiger partial charge is 0.469 e. The SMILES string of the molecule is Cc1noc([C@@H](NC(=O)CCc2ccco2)C2CCOCC2)n1. The monoisotopic (exact) mass is 319 g/mol. The zero-order valence-electron chi connectivity index (χ0n) is 13.2. The summed E-state index contributed by atoms with van der Waals surface area (Å²) in [6.07, 6.45) is 4.27. The van der Waals surface area contributed by atoms with E-state index in [9.17, 15) is 4.79 Å². The molecule has 7 nitrogen and oxygen atoms in total. The molecule has 0 unspecified atom stereocenters. The van der Waals surface area contributed by atoms with Gasteiger partial charge in [-0.15, -0.1) is 0 Å². The number of furan rings is 1. The topological polar surface area (TPSA) is 90.4 Å². The molecule has 0 aromatic carbocycles. The average Bonchev–Trinajstić information content (AvgIpc) is 3.23. The molecule has 124 valence electrons. The van der Waals surface area contributed by atoms with Crippen LogP contribution in [0.5, 0.6) is 0 Å². The van der Waals surface area contributed by atoms with E-state index in [4.69, 9.17) is 13.7 Å². The van der Waals surface area contributed by atoms with Gasteiger partial charge in [-0.1, -0.05) is 5.16 Å². The summed E-state index contributed by atoms with van der Waals surface area (Å²) in [4.78, 5) is 16.6. The van der Waals surface area contributed by atoms with Crippen LogP contribution in [0.1, 0.15) is 42.8 Å². The van der Waals surface area contributed by atoms with Crippen molar-refractivity contribution in [2.45, 2.75) is 38.6 Å². The van der Waals surface area contributed by atoms with Gasteiger partial charge >= 0.3 is 0 Å². The maximum Gasteiger partial charge on any atom is 0.249 e. The van der Waals surface area contributed by atoms with Crippen LogP contribution in [0, 0.1) is 12.8 Å². The van der Waals surface area contributed by atoms with Crippen LogP contribution in [0.4, 0.5) is 0 Å². The summed E-state index contributed by atoms with van der Waals surface area (Å²) in [5, 5.41) is 6.89. The third kappa shape index (κ3) is 4.19. The first kappa shape index (κ1) is 15.7. The number of rotatable bonds is 6. The number of hydrogen-bond donors (Lipinski definition) is 1. The van der Waals surface area contributed by atoms with Crippen molar-refractivity contribution in [1.29, 1.82) is 0 Å². The van der Waals surface area contributed by atoms with Crippen molar-refractivity contribution in [2.24, 2.45) is 5.92 Å². The zero-order valence-corrected chi connectivity index (χ0v) is 13.2. The molecule has 1 aliphatic heterocycles. The highest BCUT2D eigenvalue weighted by Crippen LogP contribution is 2.29. The first-order valence-corrected chi connectivity index (χ1v) is 7.92. The molecule has 1 atom stereocenters. The number of aryl methyl sites for hydroxylation is 2. The highest BCUT2D eigenvalue weighted by atomic mass is 16.5. The molecule has 1 N–H and O–H groups in total. The van der Waals surface area contributed by atoms with E-state index < -0.39 is 0 Å². The van der Waals surface area contributed by atoms with E-state index >= 15 is 0 Å². The van der Waals surface area contributed by atoms with E-state index in [1.807, 2.05) is 12.1 Å². The average molecular weight is 319 g/mol. The molecule has 1 amide bonds. The van der Waals surface area contributed by atoms with Gasteiger partial charge < -0.3 is 19.0 Å². The Morgan fingerprint density at radius 1 is 1.43 bits per heavy atom. The number of nitrogens with zero attached hydrogens (tertiary/aromatic N) is 2. The van der Waals surface area contributed by atoms with Crippen LogP contribution in [-0.2, 0) is 16.0 Å². The van der Waals surface area contributed by atoms with Crippen LogP contribution in [0.15, 0.2) is 27.3 Å². The summed E-state index contributed by atoms with van der Waals surface area (Å²) in [5.74, 6) is 2.05. The summed E-state index contributed by atoms with van der Waals surface area (Å²) < 4.78 is 16.0. The van der Waals surface area contributed by atoms with E-state index in [2.05, 4.69) is 15.5 Å². The lowest BCUT2D eigenvalue weighted by Gasteiger charge is -2.28. The highest BCUT2D eigenvalue weighted by molar-refractivity contribution is 5.76. The molecule has 2 aromatic heterocycles. The summed E-state index contributed by atoms with van der Waals surface area (Å²) in [7, 11) is 0. The Morgan fingerprint density at radius 2 is 2.26 bits per heavy atom. The second-order valence-corrected chi connectivity index (χ2v) is 5.75. The predicted octanol–water partition coefficient (Wildman–Crippen LogP) is 2.19. The van der Waals surface area contributed by atoms with Crippen molar-refractivity contribution in [3.8, 4) is 0 Å². The standard InChI is InChI=1S/C16H21N3O4/c1-11-17-16(23-19-11)15(12-6-9-21-10-7-12)18-14(20)5-4-13-3-2-8-22-13/h2-3,8,12,15H,4-7,9-10H2,1H3,(H,18,20)/t15-/m0/s1. The predicted molar refractivity (Wildman–Crippen MR) is 80.5 cm³/mol. The van der Waals surface area contributed by atoms with Gasteiger partial charge in [0.05, 0.1) is 6.26 Å². The van der Waals surface area contributed by atoms with Crippen molar-refractivity contribution in [1.82, 2.24) is 15.5 Å². The van der Waals surface area contributed by atoms with Crippen LogP contribution in [0.25, 0.3) is 0 Å². The van der Waals surface area contributed by atoms with Crippen molar-refractivity contribution in [3.63, 3.8) is 0 Å². The summed E-state index contributed by atoms with van der Waals surface area (Å²) in [5.41, 5.74) is 0. The molecule has 2 aromatic rings. The third-order valence-corrected chi connectivity index (χ3v) is 4.04. The summed E-state index contributed by atoms with van der Waals surface area (Å²) in [6, 6.07) is 3.42. The van der Waals surface area contributed by atoms with Crippen molar-refractivity contribution < 1.29 is 18.5 Å². The zero-order chi connectivity index (χ0) is 16.1. The van der Waals surface area contributed by atoms with Gasteiger partial charge in [0.15, 0.2) is 5.82 Å². The lowest BCUT2D eigenvalue weighted by Crippen LogP contribution is -2.36. The van der Waals surface area contributed by atoms with E-state index in [1.165, 1.54) is 0 Å². The Balaban J connectivity index is 1.64. The Bertz CT molecular complexity index is 617. The number of aromatic nitrogens is 2.